The molecule has 0 aliphatic carbocycles. The minimum Gasteiger partial charge on any atom is -0.335 e. The van der Waals surface area contributed by atoms with E-state index < -0.39 is 0 Å². The molecule has 0 atom stereocenters. The van der Waals surface area contributed by atoms with E-state index in [9.17, 15) is 4.39 Å². The summed E-state index contributed by atoms with van der Waals surface area (Å²) in [4.78, 5) is 14.3. The fourth-order valence-electron chi connectivity index (χ4n) is 2.86. The van der Waals surface area contributed by atoms with Crippen molar-refractivity contribution >= 4 is 22.4 Å². The van der Waals surface area contributed by atoms with E-state index in [-0.39, 0.29) is 5.82 Å². The molecule has 4 aromatic rings. The number of rotatable bonds is 2. The van der Waals surface area contributed by atoms with Crippen molar-refractivity contribution < 1.29 is 4.39 Å². The number of thiazole rings is 1. The number of hydrogen-bond acceptors (Lipinski definition) is 4. The quantitative estimate of drug-likeness (QED) is 0.540. The predicted octanol–water partition coefficient (Wildman–Crippen LogP) is 4.51. The van der Waals surface area contributed by atoms with E-state index in [4.69, 9.17) is 4.98 Å². The Balaban J connectivity index is 1.84. The Hall–Kier alpha value is -2.60. The predicted molar refractivity (Wildman–Crippen MR) is 94.5 cm³/mol. The van der Waals surface area contributed by atoms with Gasteiger partial charge >= 0.3 is 0 Å². The summed E-state index contributed by atoms with van der Waals surface area (Å²) in [5, 5.41) is 1.90. The molecule has 0 bridgehead atoms. The Labute approximate surface area is 142 Å². The van der Waals surface area contributed by atoms with Gasteiger partial charge in [0.05, 0.1) is 22.5 Å². The van der Waals surface area contributed by atoms with Crippen LogP contribution in [0.5, 0.6) is 0 Å². The normalized spacial score (nSPS) is 11.3. The van der Waals surface area contributed by atoms with E-state index in [1.807, 2.05) is 24.6 Å². The summed E-state index contributed by atoms with van der Waals surface area (Å²) in [5.41, 5.74) is 4.61. The lowest BCUT2D eigenvalue weighted by Crippen LogP contribution is -1.90. The summed E-state index contributed by atoms with van der Waals surface area (Å²) in [7, 11) is 2.00. The zero-order valence-corrected chi connectivity index (χ0v) is 14.4. The fraction of sp³-hybridized carbons (Fsp3) is 0.167. The van der Waals surface area contributed by atoms with Crippen molar-refractivity contribution in [3.8, 4) is 21.1 Å². The second kappa shape index (κ2) is 5.49. The number of fused-ring (bicyclic) bond motifs is 1. The van der Waals surface area contributed by atoms with E-state index >= 15 is 0 Å². The monoisotopic (exact) mass is 338 g/mol. The fourth-order valence-corrected chi connectivity index (χ4v) is 3.88. The molecule has 0 aliphatic rings. The van der Waals surface area contributed by atoms with Gasteiger partial charge in [-0.05, 0) is 37.6 Å². The van der Waals surface area contributed by atoms with Gasteiger partial charge in [0.15, 0.2) is 0 Å². The molecular weight excluding hydrogens is 323 g/mol. The van der Waals surface area contributed by atoms with Gasteiger partial charge in [-0.15, -0.1) is 11.3 Å². The van der Waals surface area contributed by atoms with Gasteiger partial charge < -0.3 is 4.57 Å². The summed E-state index contributed by atoms with van der Waals surface area (Å²) in [5.74, 6) is -0.360. The van der Waals surface area contributed by atoms with Crippen molar-refractivity contribution in [3.63, 3.8) is 0 Å². The Bertz CT molecular complexity index is 1060. The molecule has 0 N–H and O–H groups in total. The number of aryl methyl sites for hydroxylation is 3. The molecule has 0 spiro atoms. The first-order valence-electron chi connectivity index (χ1n) is 7.54. The zero-order chi connectivity index (χ0) is 16.8. The maximum Gasteiger partial charge on any atom is 0.142 e. The Kier molecular flexibility index (Phi) is 3.42. The second-order valence-corrected chi connectivity index (χ2v) is 6.82. The SMILES string of the molecule is Cc1nc(-c2cncc(F)c2)sc1-c1ccc2c(C)cn(C)c2n1. The molecule has 4 aromatic heterocycles. The first kappa shape index (κ1) is 15.0. The summed E-state index contributed by atoms with van der Waals surface area (Å²) in [6.45, 7) is 4.03. The van der Waals surface area contributed by atoms with Crippen LogP contribution in [-0.4, -0.2) is 19.5 Å². The maximum atomic E-state index is 13.4. The van der Waals surface area contributed by atoms with Crippen molar-refractivity contribution in [2.75, 3.05) is 0 Å². The highest BCUT2D eigenvalue weighted by molar-refractivity contribution is 7.18. The molecule has 0 saturated carbocycles. The van der Waals surface area contributed by atoms with Gasteiger partial charge in [0.1, 0.15) is 16.5 Å². The minimum absolute atomic E-state index is 0.360. The molecule has 24 heavy (non-hydrogen) atoms. The van der Waals surface area contributed by atoms with E-state index in [0.29, 0.717) is 5.56 Å². The van der Waals surface area contributed by atoms with Crippen LogP contribution in [0.1, 0.15) is 11.3 Å². The van der Waals surface area contributed by atoms with Crippen LogP contribution < -0.4 is 0 Å². The van der Waals surface area contributed by atoms with E-state index in [1.165, 1.54) is 29.2 Å². The van der Waals surface area contributed by atoms with Crippen LogP contribution >= 0.6 is 11.3 Å². The summed E-state index contributed by atoms with van der Waals surface area (Å²) in [6.07, 6.45) is 4.89. The molecule has 0 saturated heterocycles. The van der Waals surface area contributed by atoms with Crippen LogP contribution in [0.15, 0.2) is 36.8 Å². The van der Waals surface area contributed by atoms with Crippen LogP contribution in [0.3, 0.4) is 0 Å². The first-order chi connectivity index (χ1) is 11.5. The standard InChI is InChI=1S/C18H15FN4S/c1-10-9-23(3)17-14(10)4-5-15(22-17)16-11(2)21-18(24-16)12-6-13(19)8-20-7-12/h4-9H,1-3H3. The number of hydrogen-bond donors (Lipinski definition) is 0. The number of aromatic nitrogens is 4. The van der Waals surface area contributed by atoms with Crippen LogP contribution in [0, 0.1) is 19.7 Å². The molecule has 0 fully saturated rings. The molecule has 0 radical (unpaired) electrons. The van der Waals surface area contributed by atoms with Crippen LogP contribution in [0.4, 0.5) is 4.39 Å². The van der Waals surface area contributed by atoms with Crippen LogP contribution in [0.2, 0.25) is 0 Å². The molecule has 4 nitrogen and oxygen atoms in total. The average molecular weight is 338 g/mol. The molecule has 4 heterocycles. The largest absolute Gasteiger partial charge is 0.335 e. The second-order valence-electron chi connectivity index (χ2n) is 5.82. The van der Waals surface area contributed by atoms with Gasteiger partial charge in [0, 0.05) is 30.4 Å². The Morgan fingerprint density at radius 2 is 1.96 bits per heavy atom. The minimum atomic E-state index is -0.360. The molecule has 0 amide bonds. The topological polar surface area (TPSA) is 43.6 Å². The van der Waals surface area contributed by atoms with Crippen molar-refractivity contribution in [2.45, 2.75) is 13.8 Å². The van der Waals surface area contributed by atoms with Crippen molar-refractivity contribution in [2.24, 2.45) is 7.05 Å². The lowest BCUT2D eigenvalue weighted by atomic mass is 10.2. The molecule has 0 unspecified atom stereocenters. The summed E-state index contributed by atoms with van der Waals surface area (Å²) in [6, 6.07) is 5.56. The lowest BCUT2D eigenvalue weighted by Gasteiger charge is -2.01. The third-order valence-corrected chi connectivity index (χ3v) is 5.23. The molecule has 4 rings (SSSR count). The van der Waals surface area contributed by atoms with Gasteiger partial charge in [-0.2, -0.15) is 0 Å². The smallest absolute Gasteiger partial charge is 0.142 e. The summed E-state index contributed by atoms with van der Waals surface area (Å²) >= 11 is 1.51. The lowest BCUT2D eigenvalue weighted by molar-refractivity contribution is 0.622. The number of nitrogens with zero attached hydrogens (tertiary/aromatic N) is 4. The third-order valence-electron chi connectivity index (χ3n) is 4.00. The van der Waals surface area contributed by atoms with Crippen molar-refractivity contribution in [3.05, 3.63) is 53.9 Å². The number of halogens is 1. The molecular formula is C18H15FN4S. The molecule has 0 aromatic carbocycles. The molecule has 0 aliphatic heterocycles. The van der Waals surface area contributed by atoms with Gasteiger partial charge in [-0.1, -0.05) is 0 Å². The Morgan fingerprint density at radius 1 is 1.12 bits per heavy atom. The first-order valence-corrected chi connectivity index (χ1v) is 8.36. The Morgan fingerprint density at radius 3 is 2.75 bits per heavy atom. The third kappa shape index (κ3) is 2.39. The van der Waals surface area contributed by atoms with Gasteiger partial charge in [0.25, 0.3) is 0 Å². The highest BCUT2D eigenvalue weighted by atomic mass is 32.1. The van der Waals surface area contributed by atoms with Crippen molar-refractivity contribution in [1.82, 2.24) is 19.5 Å². The van der Waals surface area contributed by atoms with Crippen LogP contribution in [-0.2, 0) is 7.05 Å². The average Bonchev–Trinajstić information content (AvgIpc) is 3.08. The highest BCUT2D eigenvalue weighted by Gasteiger charge is 2.15. The van der Waals surface area contributed by atoms with Gasteiger partial charge in [-0.3, -0.25) is 4.98 Å². The van der Waals surface area contributed by atoms with Crippen LogP contribution in [0.25, 0.3) is 32.2 Å². The van der Waals surface area contributed by atoms with E-state index in [0.717, 1.165) is 32.3 Å². The van der Waals surface area contributed by atoms with Crippen molar-refractivity contribution in [1.29, 1.82) is 0 Å². The molecule has 6 heteroatoms. The van der Waals surface area contributed by atoms with E-state index in [2.05, 4.69) is 29.2 Å². The highest BCUT2D eigenvalue weighted by Crippen LogP contribution is 2.35. The van der Waals surface area contributed by atoms with Gasteiger partial charge in [-0.25, -0.2) is 14.4 Å². The zero-order valence-electron chi connectivity index (χ0n) is 13.5. The van der Waals surface area contributed by atoms with E-state index in [1.54, 1.807) is 6.20 Å². The van der Waals surface area contributed by atoms with Gasteiger partial charge in [0.2, 0.25) is 0 Å². The summed E-state index contributed by atoms with van der Waals surface area (Å²) < 4.78 is 15.4. The number of pyridine rings is 2. The maximum absolute atomic E-state index is 13.4. The molecule has 120 valence electrons.